The Morgan fingerprint density at radius 3 is 2.75 bits per heavy atom. The van der Waals surface area contributed by atoms with Crippen LogP contribution in [0.2, 0.25) is 0 Å². The number of aryl methyl sites for hydroxylation is 2. The molecule has 0 unspecified atom stereocenters. The number of hydrogen-bond donors (Lipinski definition) is 1. The minimum Gasteiger partial charge on any atom is -0.321 e. The Morgan fingerprint density at radius 1 is 1.35 bits per heavy atom. The maximum absolute atomic E-state index is 12.1. The summed E-state index contributed by atoms with van der Waals surface area (Å²) in [5.41, 5.74) is 2.95. The molecule has 0 spiro atoms. The molecule has 3 nitrogen and oxygen atoms in total. The highest BCUT2D eigenvalue weighted by Crippen LogP contribution is 2.18. The minimum absolute atomic E-state index is 0.104. The van der Waals surface area contributed by atoms with Gasteiger partial charge < -0.3 is 5.32 Å². The molecule has 20 heavy (non-hydrogen) atoms. The van der Waals surface area contributed by atoms with E-state index in [9.17, 15) is 4.79 Å². The van der Waals surface area contributed by atoms with Crippen molar-refractivity contribution in [3.05, 3.63) is 57.3 Å². The summed E-state index contributed by atoms with van der Waals surface area (Å²) in [6.45, 7) is 3.92. The van der Waals surface area contributed by atoms with Crippen LogP contribution in [0.15, 0.2) is 41.3 Å². The summed E-state index contributed by atoms with van der Waals surface area (Å²) in [7, 11) is 0. The van der Waals surface area contributed by atoms with E-state index in [1.165, 1.54) is 11.3 Å². The van der Waals surface area contributed by atoms with Crippen molar-refractivity contribution in [2.75, 3.05) is 5.32 Å². The molecule has 1 aromatic heterocycles. The van der Waals surface area contributed by atoms with Crippen LogP contribution in [-0.2, 0) is 4.79 Å². The third kappa shape index (κ3) is 3.34. The molecule has 100 valence electrons. The number of anilines is 1. The van der Waals surface area contributed by atoms with Crippen LogP contribution in [-0.4, -0.2) is 5.91 Å². The molecule has 0 aliphatic carbocycles. The lowest BCUT2D eigenvalue weighted by Crippen LogP contribution is -2.14. The lowest BCUT2D eigenvalue weighted by atomic mass is 10.1. The molecule has 0 aliphatic heterocycles. The van der Waals surface area contributed by atoms with E-state index in [1.807, 2.05) is 55.6 Å². The quantitative estimate of drug-likeness (QED) is 0.685. The molecule has 0 aliphatic rings. The summed E-state index contributed by atoms with van der Waals surface area (Å²) in [6, 6.07) is 11.5. The summed E-state index contributed by atoms with van der Waals surface area (Å²) < 4.78 is 0. The van der Waals surface area contributed by atoms with Gasteiger partial charge in [0.05, 0.1) is 0 Å². The average Bonchev–Trinajstić information content (AvgIpc) is 2.92. The van der Waals surface area contributed by atoms with Gasteiger partial charge in [-0.05, 0) is 43.0 Å². The molecule has 1 heterocycles. The zero-order valence-corrected chi connectivity index (χ0v) is 12.1. The number of thiophene rings is 1. The maximum Gasteiger partial charge on any atom is 0.266 e. The highest BCUT2D eigenvalue weighted by atomic mass is 32.1. The molecule has 0 fully saturated rings. The fourth-order valence-corrected chi connectivity index (χ4v) is 2.47. The number of nitrogens with one attached hydrogen (secondary N) is 1. The Kier molecular flexibility index (Phi) is 4.34. The summed E-state index contributed by atoms with van der Waals surface area (Å²) in [4.78, 5) is 13.0. The van der Waals surface area contributed by atoms with Crippen molar-refractivity contribution in [3.63, 3.8) is 0 Å². The molecule has 0 atom stereocenters. The summed E-state index contributed by atoms with van der Waals surface area (Å²) in [6.07, 6.45) is 1.60. The zero-order chi connectivity index (χ0) is 14.5. The van der Waals surface area contributed by atoms with Gasteiger partial charge in [-0.25, -0.2) is 0 Å². The fourth-order valence-electron chi connectivity index (χ4n) is 1.81. The van der Waals surface area contributed by atoms with Crippen LogP contribution in [0.3, 0.4) is 0 Å². The van der Waals surface area contributed by atoms with Gasteiger partial charge in [0.15, 0.2) is 0 Å². The molecule has 0 saturated heterocycles. The van der Waals surface area contributed by atoms with E-state index in [-0.39, 0.29) is 11.5 Å². The molecule has 1 amide bonds. The van der Waals surface area contributed by atoms with Crippen molar-refractivity contribution >= 4 is 29.0 Å². The third-order valence-electron chi connectivity index (χ3n) is 2.82. The Balaban J connectivity index is 2.20. The second-order valence-electron chi connectivity index (χ2n) is 4.46. The molecule has 4 heteroatoms. The van der Waals surface area contributed by atoms with Crippen LogP contribution in [0.25, 0.3) is 6.08 Å². The van der Waals surface area contributed by atoms with E-state index in [2.05, 4.69) is 5.32 Å². The largest absolute Gasteiger partial charge is 0.321 e. The third-order valence-corrected chi connectivity index (χ3v) is 3.64. The van der Waals surface area contributed by atoms with E-state index in [0.29, 0.717) is 0 Å². The van der Waals surface area contributed by atoms with Crippen LogP contribution in [0, 0.1) is 25.2 Å². The number of hydrogen-bond acceptors (Lipinski definition) is 3. The average molecular weight is 282 g/mol. The molecular weight excluding hydrogens is 268 g/mol. The van der Waals surface area contributed by atoms with Gasteiger partial charge in [-0.1, -0.05) is 23.8 Å². The van der Waals surface area contributed by atoms with Crippen molar-refractivity contribution in [1.82, 2.24) is 0 Å². The first kappa shape index (κ1) is 14.0. The molecule has 1 N–H and O–H groups in total. The normalized spacial score (nSPS) is 10.9. The van der Waals surface area contributed by atoms with Gasteiger partial charge in [0.25, 0.3) is 5.91 Å². The van der Waals surface area contributed by atoms with Crippen molar-refractivity contribution in [3.8, 4) is 6.07 Å². The van der Waals surface area contributed by atoms with Gasteiger partial charge in [-0.2, -0.15) is 5.26 Å². The summed E-state index contributed by atoms with van der Waals surface area (Å²) >= 11 is 1.49. The predicted octanol–water partition coefficient (Wildman–Crippen LogP) is 3.91. The summed E-state index contributed by atoms with van der Waals surface area (Å²) in [5.74, 6) is -0.382. The summed E-state index contributed by atoms with van der Waals surface area (Å²) in [5, 5.41) is 13.8. The second-order valence-corrected chi connectivity index (χ2v) is 5.44. The van der Waals surface area contributed by atoms with Gasteiger partial charge >= 0.3 is 0 Å². The van der Waals surface area contributed by atoms with Crippen LogP contribution in [0.5, 0.6) is 0 Å². The Bertz CT molecular complexity index is 694. The van der Waals surface area contributed by atoms with Gasteiger partial charge in [0.1, 0.15) is 11.6 Å². The van der Waals surface area contributed by atoms with Gasteiger partial charge in [0.2, 0.25) is 0 Å². The van der Waals surface area contributed by atoms with E-state index in [1.54, 1.807) is 6.08 Å². The van der Waals surface area contributed by atoms with E-state index >= 15 is 0 Å². The standard InChI is InChI=1S/C16H14N2OS/c1-11-5-6-15(12(2)8-11)18-16(19)13(10-17)9-14-4-3-7-20-14/h3-9H,1-2H3,(H,18,19)/b13-9+. The smallest absolute Gasteiger partial charge is 0.266 e. The molecule has 2 rings (SSSR count). The fraction of sp³-hybridized carbons (Fsp3) is 0.125. The Hall–Kier alpha value is -2.38. The Labute approximate surface area is 122 Å². The number of benzene rings is 1. The molecular formula is C16H14N2OS. The lowest BCUT2D eigenvalue weighted by Gasteiger charge is -2.08. The number of nitrogens with zero attached hydrogens (tertiary/aromatic N) is 1. The molecule has 0 saturated carbocycles. The Morgan fingerprint density at radius 2 is 2.15 bits per heavy atom. The van der Waals surface area contributed by atoms with Crippen molar-refractivity contribution < 1.29 is 4.79 Å². The number of carbonyl (C=O) groups excluding carboxylic acids is 1. The lowest BCUT2D eigenvalue weighted by molar-refractivity contribution is -0.112. The highest BCUT2D eigenvalue weighted by Gasteiger charge is 2.11. The SMILES string of the molecule is Cc1ccc(NC(=O)/C(C#N)=C/c2cccs2)c(C)c1. The van der Waals surface area contributed by atoms with E-state index in [0.717, 1.165) is 21.7 Å². The van der Waals surface area contributed by atoms with Gasteiger partial charge in [-0.3, -0.25) is 4.79 Å². The van der Waals surface area contributed by atoms with Crippen molar-refractivity contribution in [2.45, 2.75) is 13.8 Å². The van der Waals surface area contributed by atoms with Crippen LogP contribution < -0.4 is 5.32 Å². The zero-order valence-electron chi connectivity index (χ0n) is 11.3. The van der Waals surface area contributed by atoms with E-state index < -0.39 is 0 Å². The van der Waals surface area contributed by atoms with Crippen molar-refractivity contribution in [1.29, 1.82) is 5.26 Å². The van der Waals surface area contributed by atoms with Crippen LogP contribution in [0.1, 0.15) is 16.0 Å². The number of amides is 1. The molecule has 2 aromatic rings. The van der Waals surface area contributed by atoms with Gasteiger partial charge in [-0.15, -0.1) is 11.3 Å². The molecule has 1 aromatic carbocycles. The van der Waals surface area contributed by atoms with Crippen molar-refractivity contribution in [2.24, 2.45) is 0 Å². The maximum atomic E-state index is 12.1. The topological polar surface area (TPSA) is 52.9 Å². The van der Waals surface area contributed by atoms with Crippen LogP contribution >= 0.6 is 11.3 Å². The predicted molar refractivity (Wildman–Crippen MR) is 82.5 cm³/mol. The number of carbonyl (C=O) groups is 1. The first-order valence-electron chi connectivity index (χ1n) is 6.14. The minimum atomic E-state index is -0.382. The van der Waals surface area contributed by atoms with E-state index in [4.69, 9.17) is 5.26 Å². The first-order valence-corrected chi connectivity index (χ1v) is 7.02. The van der Waals surface area contributed by atoms with Crippen LogP contribution in [0.4, 0.5) is 5.69 Å². The monoisotopic (exact) mass is 282 g/mol. The number of rotatable bonds is 3. The first-order chi connectivity index (χ1) is 9.60. The number of nitriles is 1. The molecule has 0 radical (unpaired) electrons. The van der Waals surface area contributed by atoms with Gasteiger partial charge in [0, 0.05) is 10.6 Å². The second kappa shape index (κ2) is 6.18. The highest BCUT2D eigenvalue weighted by molar-refractivity contribution is 7.10. The molecule has 0 bridgehead atoms.